The molecule has 2 rings (SSSR count). The van der Waals surface area contributed by atoms with Gasteiger partial charge in [-0.05, 0) is 41.2 Å². The summed E-state index contributed by atoms with van der Waals surface area (Å²) in [7, 11) is -3.40. The van der Waals surface area contributed by atoms with Gasteiger partial charge in [0.15, 0.2) is 0 Å². The lowest BCUT2D eigenvalue weighted by Crippen LogP contribution is -2.51. The van der Waals surface area contributed by atoms with Gasteiger partial charge in [-0.1, -0.05) is 0 Å². The van der Waals surface area contributed by atoms with Gasteiger partial charge in [0.1, 0.15) is 4.21 Å². The van der Waals surface area contributed by atoms with Crippen LogP contribution in [0.5, 0.6) is 0 Å². The number of nitrogens with zero attached hydrogens (tertiary/aromatic N) is 2. The van der Waals surface area contributed by atoms with Crippen LogP contribution >= 0.6 is 27.3 Å². The monoisotopic (exact) mass is 382 g/mol. The summed E-state index contributed by atoms with van der Waals surface area (Å²) < 4.78 is 27.5. The molecular weight excluding hydrogens is 364 g/mol. The average Bonchev–Trinajstić information content (AvgIpc) is 2.74. The lowest BCUT2D eigenvalue weighted by molar-refractivity contribution is 0.0263. The van der Waals surface area contributed by atoms with Crippen molar-refractivity contribution in [2.45, 2.75) is 23.7 Å². The fourth-order valence-corrected chi connectivity index (χ4v) is 6.13. The van der Waals surface area contributed by atoms with Crippen molar-refractivity contribution in [1.29, 1.82) is 0 Å². The average molecular weight is 383 g/mol. The van der Waals surface area contributed by atoms with E-state index in [1.807, 2.05) is 0 Å². The first-order valence-corrected chi connectivity index (χ1v) is 9.49. The van der Waals surface area contributed by atoms with E-state index in [9.17, 15) is 13.5 Å². The molecule has 20 heavy (non-hydrogen) atoms. The van der Waals surface area contributed by atoms with Crippen molar-refractivity contribution in [3.05, 3.63) is 15.9 Å². The number of hydrogen-bond donors (Lipinski definition) is 1. The third kappa shape index (κ3) is 3.80. The molecule has 1 aromatic heterocycles. The molecule has 1 aromatic rings. The van der Waals surface area contributed by atoms with Gasteiger partial charge in [0.25, 0.3) is 10.0 Å². The third-order valence-corrected chi connectivity index (χ3v) is 7.65. The van der Waals surface area contributed by atoms with E-state index in [4.69, 9.17) is 0 Å². The molecule has 1 saturated heterocycles. The van der Waals surface area contributed by atoms with Crippen molar-refractivity contribution in [2.24, 2.45) is 0 Å². The molecule has 0 spiro atoms. The van der Waals surface area contributed by atoms with Crippen molar-refractivity contribution in [2.75, 3.05) is 32.7 Å². The number of halogens is 1. The zero-order chi connectivity index (χ0) is 15.0. The van der Waals surface area contributed by atoms with Crippen LogP contribution in [0.4, 0.5) is 0 Å². The molecule has 0 amide bonds. The Bertz CT molecular complexity index is 558. The van der Waals surface area contributed by atoms with Gasteiger partial charge in [-0.25, -0.2) is 8.42 Å². The lowest BCUT2D eigenvalue weighted by Gasteiger charge is -2.36. The molecule has 2 heterocycles. The summed E-state index contributed by atoms with van der Waals surface area (Å²) in [6.45, 7) is 6.30. The minimum Gasteiger partial charge on any atom is -0.389 e. The molecule has 114 valence electrons. The molecule has 5 nitrogen and oxygen atoms in total. The van der Waals surface area contributed by atoms with Gasteiger partial charge in [-0.3, -0.25) is 4.90 Å². The fraction of sp³-hybridized carbons (Fsp3) is 0.667. The molecule has 0 saturated carbocycles. The largest absolute Gasteiger partial charge is 0.389 e. The first-order chi connectivity index (χ1) is 9.20. The number of aliphatic hydroxyl groups is 1. The zero-order valence-corrected chi connectivity index (χ0v) is 14.8. The van der Waals surface area contributed by atoms with Crippen molar-refractivity contribution in [3.63, 3.8) is 0 Å². The van der Waals surface area contributed by atoms with Crippen LogP contribution in [0, 0.1) is 0 Å². The summed E-state index contributed by atoms with van der Waals surface area (Å²) in [5.74, 6) is 0. The zero-order valence-electron chi connectivity index (χ0n) is 11.5. The summed E-state index contributed by atoms with van der Waals surface area (Å²) in [6, 6.07) is 1.75. The van der Waals surface area contributed by atoms with E-state index in [0.29, 0.717) is 41.4 Å². The third-order valence-electron chi connectivity index (χ3n) is 3.10. The predicted octanol–water partition coefficient (Wildman–Crippen LogP) is 1.59. The van der Waals surface area contributed by atoms with E-state index < -0.39 is 15.6 Å². The Morgan fingerprint density at radius 1 is 1.35 bits per heavy atom. The quantitative estimate of drug-likeness (QED) is 0.858. The molecule has 0 unspecified atom stereocenters. The lowest BCUT2D eigenvalue weighted by atomic mass is 10.1. The highest BCUT2D eigenvalue weighted by Gasteiger charge is 2.31. The van der Waals surface area contributed by atoms with E-state index in [1.54, 1.807) is 25.3 Å². The molecule has 1 fully saturated rings. The van der Waals surface area contributed by atoms with E-state index in [2.05, 4.69) is 20.8 Å². The second kappa shape index (κ2) is 6.02. The fourth-order valence-electron chi connectivity index (χ4n) is 2.26. The van der Waals surface area contributed by atoms with Crippen molar-refractivity contribution < 1.29 is 13.5 Å². The van der Waals surface area contributed by atoms with Crippen molar-refractivity contribution in [3.8, 4) is 0 Å². The summed E-state index contributed by atoms with van der Waals surface area (Å²) in [4.78, 5) is 2.09. The highest BCUT2D eigenvalue weighted by molar-refractivity contribution is 9.10. The second-order valence-electron chi connectivity index (χ2n) is 5.55. The Kier molecular flexibility index (Phi) is 4.93. The number of rotatable bonds is 4. The minimum absolute atomic E-state index is 0.369. The molecule has 1 N–H and O–H groups in total. The van der Waals surface area contributed by atoms with Crippen LogP contribution in [0.1, 0.15) is 13.8 Å². The van der Waals surface area contributed by atoms with Crippen LogP contribution in [0.15, 0.2) is 20.1 Å². The molecule has 0 radical (unpaired) electrons. The van der Waals surface area contributed by atoms with Gasteiger partial charge in [0.05, 0.1) is 5.60 Å². The molecule has 1 aliphatic rings. The van der Waals surface area contributed by atoms with Gasteiger partial charge >= 0.3 is 0 Å². The molecule has 0 aromatic carbocycles. The van der Waals surface area contributed by atoms with Crippen molar-refractivity contribution in [1.82, 2.24) is 9.21 Å². The van der Waals surface area contributed by atoms with Crippen molar-refractivity contribution >= 4 is 37.3 Å². The maximum absolute atomic E-state index is 12.5. The van der Waals surface area contributed by atoms with Crippen LogP contribution in [0.2, 0.25) is 0 Å². The Morgan fingerprint density at radius 3 is 2.40 bits per heavy atom. The minimum atomic E-state index is -3.40. The van der Waals surface area contributed by atoms with Crippen LogP contribution in [-0.2, 0) is 10.0 Å². The van der Waals surface area contributed by atoms with Crippen LogP contribution in [0.25, 0.3) is 0 Å². The molecule has 0 bridgehead atoms. The van der Waals surface area contributed by atoms with Gasteiger partial charge in [0.2, 0.25) is 0 Å². The number of thiophene rings is 1. The molecule has 8 heteroatoms. The van der Waals surface area contributed by atoms with E-state index in [-0.39, 0.29) is 0 Å². The molecular formula is C12H19BrN2O3S2. The summed E-state index contributed by atoms with van der Waals surface area (Å²) >= 11 is 4.51. The van der Waals surface area contributed by atoms with Crippen LogP contribution in [-0.4, -0.2) is 61.1 Å². The number of piperazine rings is 1. The van der Waals surface area contributed by atoms with E-state index in [1.165, 1.54) is 15.6 Å². The predicted molar refractivity (Wildman–Crippen MR) is 83.5 cm³/mol. The smallest absolute Gasteiger partial charge is 0.253 e. The van der Waals surface area contributed by atoms with E-state index >= 15 is 0 Å². The highest BCUT2D eigenvalue weighted by Crippen LogP contribution is 2.30. The summed E-state index contributed by atoms with van der Waals surface area (Å²) in [5, 5.41) is 11.6. The summed E-state index contributed by atoms with van der Waals surface area (Å²) in [6.07, 6.45) is 0. The molecule has 0 aliphatic carbocycles. The maximum atomic E-state index is 12.5. The van der Waals surface area contributed by atoms with Crippen LogP contribution < -0.4 is 0 Å². The SMILES string of the molecule is CC(C)(O)CN1CCN(S(=O)(=O)c2sccc2Br)CC1. The molecule has 1 aliphatic heterocycles. The van der Waals surface area contributed by atoms with Gasteiger partial charge in [0, 0.05) is 37.2 Å². The van der Waals surface area contributed by atoms with Gasteiger partial charge < -0.3 is 5.11 Å². The Balaban J connectivity index is 2.02. The Labute approximate surface area is 132 Å². The Hall–Kier alpha value is 0.01000. The second-order valence-corrected chi connectivity index (χ2v) is 9.45. The van der Waals surface area contributed by atoms with Gasteiger partial charge in [-0.15, -0.1) is 11.3 Å². The standard InChI is InChI=1S/C12H19BrN2O3S2/c1-12(2,16)9-14-4-6-15(7-5-14)20(17,18)11-10(13)3-8-19-11/h3,8,16H,4-7,9H2,1-2H3. The first kappa shape index (κ1) is 16.4. The maximum Gasteiger partial charge on any atom is 0.253 e. The Morgan fingerprint density at radius 2 is 1.95 bits per heavy atom. The molecule has 0 atom stereocenters. The normalized spacial score (nSPS) is 19.4. The first-order valence-electron chi connectivity index (χ1n) is 6.38. The van der Waals surface area contributed by atoms with Crippen LogP contribution in [0.3, 0.4) is 0 Å². The highest BCUT2D eigenvalue weighted by atomic mass is 79.9. The number of β-amino-alcohol motifs (C(OH)–C–C–N with tert-alkyl or cyclic N) is 1. The topological polar surface area (TPSA) is 60.9 Å². The van der Waals surface area contributed by atoms with E-state index in [0.717, 1.165) is 0 Å². The summed E-state index contributed by atoms with van der Waals surface area (Å²) in [5.41, 5.74) is -0.752. The van der Waals surface area contributed by atoms with Gasteiger partial charge in [-0.2, -0.15) is 4.31 Å². The number of sulfonamides is 1. The number of hydrogen-bond acceptors (Lipinski definition) is 5.